The fourth-order valence-electron chi connectivity index (χ4n) is 3.47. The predicted molar refractivity (Wildman–Crippen MR) is 113 cm³/mol. The third-order valence-corrected chi connectivity index (χ3v) is 6.98. The molecule has 0 atom stereocenters. The molecule has 2 fully saturated rings. The molecular formula is C19H21N5OS2. The molecular weight excluding hydrogens is 378 g/mol. The van der Waals surface area contributed by atoms with Gasteiger partial charge in [0.05, 0.1) is 15.9 Å². The van der Waals surface area contributed by atoms with Crippen molar-refractivity contribution in [2.75, 3.05) is 42.2 Å². The molecule has 1 aliphatic carbocycles. The van der Waals surface area contributed by atoms with Gasteiger partial charge in [-0.25, -0.2) is 9.97 Å². The van der Waals surface area contributed by atoms with Gasteiger partial charge in [-0.1, -0.05) is 11.3 Å². The van der Waals surface area contributed by atoms with E-state index in [2.05, 4.69) is 39.2 Å². The molecule has 2 aromatic heterocycles. The highest BCUT2D eigenvalue weighted by molar-refractivity contribution is 7.98. The Balaban J connectivity index is 1.32. The van der Waals surface area contributed by atoms with Crippen molar-refractivity contribution >= 4 is 44.4 Å². The lowest BCUT2D eigenvalue weighted by Gasteiger charge is -2.34. The first-order valence-corrected chi connectivity index (χ1v) is 11.3. The van der Waals surface area contributed by atoms with Crippen LogP contribution in [0.5, 0.6) is 0 Å². The van der Waals surface area contributed by atoms with E-state index in [-0.39, 0.29) is 5.56 Å². The third kappa shape index (κ3) is 3.43. The molecule has 0 spiro atoms. The lowest BCUT2D eigenvalue weighted by Crippen LogP contribution is -2.47. The van der Waals surface area contributed by atoms with E-state index in [9.17, 15) is 4.79 Å². The number of nitrogens with zero attached hydrogens (tertiary/aromatic N) is 4. The van der Waals surface area contributed by atoms with Crippen molar-refractivity contribution in [3.63, 3.8) is 0 Å². The van der Waals surface area contributed by atoms with Crippen LogP contribution in [-0.4, -0.2) is 47.4 Å². The zero-order valence-corrected chi connectivity index (χ0v) is 16.8. The van der Waals surface area contributed by atoms with E-state index in [0.717, 1.165) is 61.3 Å². The molecule has 3 heterocycles. The number of aromatic amines is 1. The second-order valence-corrected chi connectivity index (χ2v) is 8.96. The summed E-state index contributed by atoms with van der Waals surface area (Å²) in [6.45, 7) is 3.44. The maximum atomic E-state index is 12.0. The van der Waals surface area contributed by atoms with Gasteiger partial charge in [-0.3, -0.25) is 9.78 Å². The first-order chi connectivity index (χ1) is 13.2. The summed E-state index contributed by atoms with van der Waals surface area (Å²) in [5, 5.41) is 1.08. The van der Waals surface area contributed by atoms with E-state index in [1.54, 1.807) is 29.2 Å². The Labute approximate surface area is 165 Å². The Kier molecular flexibility index (Phi) is 4.32. The van der Waals surface area contributed by atoms with Gasteiger partial charge in [0, 0.05) is 43.1 Å². The maximum Gasteiger partial charge on any atom is 0.252 e. The third-order valence-electron chi connectivity index (χ3n) is 5.18. The van der Waals surface area contributed by atoms with E-state index in [4.69, 9.17) is 9.97 Å². The Hall–Kier alpha value is -2.06. The first-order valence-electron chi connectivity index (χ1n) is 9.25. The number of rotatable bonds is 4. The normalized spacial score (nSPS) is 17.7. The van der Waals surface area contributed by atoms with Crippen molar-refractivity contribution in [3.8, 4) is 0 Å². The zero-order chi connectivity index (χ0) is 18.4. The van der Waals surface area contributed by atoms with Gasteiger partial charge in [0.1, 0.15) is 0 Å². The highest BCUT2D eigenvalue weighted by atomic mass is 32.2. The predicted octanol–water partition coefficient (Wildman–Crippen LogP) is 3.31. The second-order valence-electron chi connectivity index (χ2n) is 7.07. The quantitative estimate of drug-likeness (QED) is 0.679. The minimum Gasteiger partial charge on any atom is -0.345 e. The van der Waals surface area contributed by atoms with Crippen LogP contribution in [0.3, 0.4) is 0 Å². The number of nitrogens with one attached hydrogen (secondary N) is 1. The molecule has 1 saturated heterocycles. The summed E-state index contributed by atoms with van der Waals surface area (Å²) in [6, 6.07) is 8.11. The van der Waals surface area contributed by atoms with Crippen molar-refractivity contribution in [3.05, 3.63) is 40.3 Å². The van der Waals surface area contributed by atoms with Crippen molar-refractivity contribution in [2.45, 2.75) is 23.7 Å². The van der Waals surface area contributed by atoms with E-state index in [1.165, 1.54) is 9.60 Å². The molecule has 0 bridgehead atoms. The summed E-state index contributed by atoms with van der Waals surface area (Å²) in [7, 11) is 0. The Morgan fingerprint density at radius 1 is 1.11 bits per heavy atom. The number of H-pyrrole nitrogens is 1. The van der Waals surface area contributed by atoms with Crippen LogP contribution >= 0.6 is 23.1 Å². The number of hydrogen-bond acceptors (Lipinski definition) is 7. The first kappa shape index (κ1) is 17.1. The van der Waals surface area contributed by atoms with Crippen molar-refractivity contribution in [1.82, 2.24) is 15.0 Å². The Bertz CT molecular complexity index is 1030. The minimum absolute atomic E-state index is 0.0416. The second kappa shape index (κ2) is 6.83. The fourth-order valence-corrected chi connectivity index (χ4v) is 5.04. The average Bonchev–Trinajstić information content (AvgIpc) is 3.46. The standard InChI is InChI=1S/C19H21N5OS2/c1-26-13-4-5-14-16(10-13)27-19(21-14)24-8-6-23(7-9-24)18-20-15(12-2-3-12)11-17(25)22-18/h4-5,10-12H,2-3,6-9H2,1H3,(H,20,22,25). The van der Waals surface area contributed by atoms with Gasteiger partial charge in [0.25, 0.3) is 5.56 Å². The highest BCUT2D eigenvalue weighted by Gasteiger charge is 2.27. The molecule has 2 aliphatic rings. The van der Waals surface area contributed by atoms with Crippen LogP contribution in [0, 0.1) is 0 Å². The maximum absolute atomic E-state index is 12.0. The van der Waals surface area contributed by atoms with Crippen molar-refractivity contribution in [2.24, 2.45) is 0 Å². The summed E-state index contributed by atoms with van der Waals surface area (Å²) in [5.74, 6) is 1.21. The fraction of sp³-hybridized carbons (Fsp3) is 0.421. The van der Waals surface area contributed by atoms with Gasteiger partial charge in [-0.15, -0.1) is 11.8 Å². The van der Waals surface area contributed by atoms with Gasteiger partial charge < -0.3 is 9.80 Å². The number of aromatic nitrogens is 3. The van der Waals surface area contributed by atoms with E-state index >= 15 is 0 Å². The molecule has 140 valence electrons. The molecule has 0 amide bonds. The molecule has 3 aromatic rings. The number of hydrogen-bond donors (Lipinski definition) is 1. The summed E-state index contributed by atoms with van der Waals surface area (Å²) in [5.41, 5.74) is 1.98. The largest absolute Gasteiger partial charge is 0.345 e. The number of piperazine rings is 1. The van der Waals surface area contributed by atoms with Gasteiger partial charge in [-0.05, 0) is 37.3 Å². The van der Waals surface area contributed by atoms with Crippen molar-refractivity contribution < 1.29 is 0 Å². The van der Waals surface area contributed by atoms with E-state index in [0.29, 0.717) is 5.92 Å². The van der Waals surface area contributed by atoms with Gasteiger partial charge in [0.15, 0.2) is 5.13 Å². The average molecular weight is 400 g/mol. The molecule has 8 heteroatoms. The minimum atomic E-state index is -0.0416. The summed E-state index contributed by atoms with van der Waals surface area (Å²) in [4.78, 5) is 30.2. The molecule has 0 unspecified atom stereocenters. The molecule has 1 saturated carbocycles. The number of thioether (sulfide) groups is 1. The summed E-state index contributed by atoms with van der Waals surface area (Å²) < 4.78 is 1.24. The van der Waals surface area contributed by atoms with Crippen LogP contribution in [0.4, 0.5) is 11.1 Å². The molecule has 1 aromatic carbocycles. The van der Waals surface area contributed by atoms with Gasteiger partial charge in [-0.2, -0.15) is 0 Å². The zero-order valence-electron chi connectivity index (χ0n) is 15.1. The van der Waals surface area contributed by atoms with Crippen LogP contribution in [0.15, 0.2) is 34.0 Å². The lowest BCUT2D eigenvalue weighted by molar-refractivity contribution is 0.636. The molecule has 5 rings (SSSR count). The van der Waals surface area contributed by atoms with E-state index < -0.39 is 0 Å². The molecule has 1 N–H and O–H groups in total. The lowest BCUT2D eigenvalue weighted by atomic mass is 10.3. The smallest absolute Gasteiger partial charge is 0.252 e. The monoisotopic (exact) mass is 399 g/mol. The van der Waals surface area contributed by atoms with Crippen LogP contribution < -0.4 is 15.4 Å². The molecule has 0 radical (unpaired) electrons. The van der Waals surface area contributed by atoms with Gasteiger partial charge in [0.2, 0.25) is 5.95 Å². The van der Waals surface area contributed by atoms with Crippen LogP contribution in [0.25, 0.3) is 10.2 Å². The number of anilines is 2. The highest BCUT2D eigenvalue weighted by Crippen LogP contribution is 2.38. The molecule has 6 nitrogen and oxygen atoms in total. The summed E-state index contributed by atoms with van der Waals surface area (Å²) >= 11 is 3.51. The number of fused-ring (bicyclic) bond motifs is 1. The van der Waals surface area contributed by atoms with Crippen LogP contribution in [-0.2, 0) is 0 Å². The SMILES string of the molecule is CSc1ccc2nc(N3CCN(c4nc(C5CC5)cc(=O)[nH]4)CC3)sc2c1. The van der Waals surface area contributed by atoms with E-state index in [1.807, 2.05) is 0 Å². The van der Waals surface area contributed by atoms with Crippen molar-refractivity contribution in [1.29, 1.82) is 0 Å². The van der Waals surface area contributed by atoms with Gasteiger partial charge >= 0.3 is 0 Å². The Morgan fingerprint density at radius 3 is 2.63 bits per heavy atom. The number of thiazole rings is 1. The molecule has 27 heavy (non-hydrogen) atoms. The topological polar surface area (TPSA) is 65.1 Å². The summed E-state index contributed by atoms with van der Waals surface area (Å²) in [6.07, 6.45) is 4.40. The Morgan fingerprint density at radius 2 is 1.89 bits per heavy atom. The number of benzene rings is 1. The van der Waals surface area contributed by atoms with Crippen LogP contribution in [0.2, 0.25) is 0 Å². The van der Waals surface area contributed by atoms with Crippen LogP contribution in [0.1, 0.15) is 24.5 Å². The molecule has 1 aliphatic heterocycles.